The van der Waals surface area contributed by atoms with E-state index < -0.39 is 10.0 Å². The highest BCUT2D eigenvalue weighted by Gasteiger charge is 1.99. The first-order valence-electron chi connectivity index (χ1n) is 4.63. The molecule has 0 saturated heterocycles. The van der Waals surface area contributed by atoms with Gasteiger partial charge in [-0.05, 0) is 6.92 Å². The van der Waals surface area contributed by atoms with E-state index >= 15 is 0 Å². The summed E-state index contributed by atoms with van der Waals surface area (Å²) in [7, 11) is -3.08. The summed E-state index contributed by atoms with van der Waals surface area (Å²) in [6.45, 7) is 3.53. The molecule has 0 aliphatic heterocycles. The quantitative estimate of drug-likeness (QED) is 0.569. The maximum absolute atomic E-state index is 10.7. The molecule has 0 spiro atoms. The van der Waals surface area contributed by atoms with Crippen LogP contribution < -0.4 is 10.0 Å². The molecular weight excluding hydrogens is 216 g/mol. The van der Waals surface area contributed by atoms with E-state index in [1.807, 2.05) is 6.92 Å². The zero-order chi connectivity index (χ0) is 11.3. The molecule has 0 radical (unpaired) electrons. The minimum Gasteiger partial charge on any atom is -0.345 e. The van der Waals surface area contributed by atoms with Gasteiger partial charge in [-0.2, -0.15) is 0 Å². The topological polar surface area (TPSA) is 86.9 Å². The summed E-state index contributed by atoms with van der Waals surface area (Å²) < 4.78 is 23.8. The van der Waals surface area contributed by atoms with Crippen LogP contribution in [0.2, 0.25) is 0 Å². The molecule has 1 aromatic heterocycles. The molecule has 0 fully saturated rings. The van der Waals surface area contributed by atoms with Crippen LogP contribution in [0, 0.1) is 6.92 Å². The maximum Gasteiger partial charge on any atom is 0.208 e. The van der Waals surface area contributed by atoms with Crippen LogP contribution in [-0.4, -0.2) is 37.7 Å². The predicted molar refractivity (Wildman–Crippen MR) is 57.9 cm³/mol. The number of H-pyrrole nitrogens is 1. The number of aryl methyl sites for hydroxylation is 1. The molecule has 0 atom stereocenters. The molecule has 0 saturated carbocycles. The van der Waals surface area contributed by atoms with Crippen molar-refractivity contribution in [2.75, 3.05) is 19.3 Å². The lowest BCUT2D eigenvalue weighted by Crippen LogP contribution is -2.30. The molecule has 0 aliphatic carbocycles. The lowest BCUT2D eigenvalue weighted by atomic mass is 10.4. The van der Waals surface area contributed by atoms with Crippen molar-refractivity contribution < 1.29 is 8.42 Å². The number of aromatic nitrogens is 2. The molecular formula is C8H16N4O2S. The van der Waals surface area contributed by atoms with Crippen LogP contribution in [-0.2, 0) is 16.6 Å². The van der Waals surface area contributed by atoms with Crippen molar-refractivity contribution in [1.82, 2.24) is 20.0 Å². The van der Waals surface area contributed by atoms with Crippen molar-refractivity contribution in [3.05, 3.63) is 17.7 Å². The molecule has 15 heavy (non-hydrogen) atoms. The number of aromatic amines is 1. The number of sulfonamides is 1. The smallest absolute Gasteiger partial charge is 0.208 e. The molecule has 7 heteroatoms. The standard InChI is InChI=1S/C8H16N4O2S/c1-7-10-6-8(12-7)5-9-3-4-11-15(2,13)14/h6,9,11H,3-5H2,1-2H3,(H,10,12). The Kier molecular flexibility index (Phi) is 4.25. The van der Waals surface area contributed by atoms with Gasteiger partial charge in [0.15, 0.2) is 0 Å². The Balaban J connectivity index is 2.12. The van der Waals surface area contributed by atoms with E-state index in [1.54, 1.807) is 6.20 Å². The molecule has 0 aromatic carbocycles. The lowest BCUT2D eigenvalue weighted by molar-refractivity contribution is 0.581. The van der Waals surface area contributed by atoms with Gasteiger partial charge in [0.2, 0.25) is 10.0 Å². The second-order valence-electron chi connectivity index (χ2n) is 3.34. The third-order valence-corrected chi connectivity index (χ3v) is 2.47. The Morgan fingerprint density at radius 3 is 2.73 bits per heavy atom. The van der Waals surface area contributed by atoms with Crippen LogP contribution in [0.3, 0.4) is 0 Å². The Morgan fingerprint density at radius 2 is 2.20 bits per heavy atom. The number of rotatable bonds is 6. The van der Waals surface area contributed by atoms with Crippen molar-refractivity contribution in [2.24, 2.45) is 0 Å². The summed E-state index contributed by atoms with van der Waals surface area (Å²) >= 11 is 0. The molecule has 6 nitrogen and oxygen atoms in total. The lowest BCUT2D eigenvalue weighted by Gasteiger charge is -2.03. The minimum absolute atomic E-state index is 0.395. The van der Waals surface area contributed by atoms with E-state index in [1.165, 1.54) is 0 Å². The summed E-state index contributed by atoms with van der Waals surface area (Å²) in [6.07, 6.45) is 2.90. The maximum atomic E-state index is 10.7. The first-order valence-corrected chi connectivity index (χ1v) is 6.52. The highest BCUT2D eigenvalue weighted by molar-refractivity contribution is 7.88. The average Bonchev–Trinajstić information content (AvgIpc) is 2.49. The van der Waals surface area contributed by atoms with Gasteiger partial charge in [0.25, 0.3) is 0 Å². The molecule has 1 rings (SSSR count). The van der Waals surface area contributed by atoms with Crippen molar-refractivity contribution in [3.63, 3.8) is 0 Å². The van der Waals surface area contributed by atoms with E-state index in [9.17, 15) is 8.42 Å². The van der Waals surface area contributed by atoms with Crippen LogP contribution in [0.15, 0.2) is 6.20 Å². The SMILES string of the molecule is Cc1ncc(CNCCNS(C)(=O)=O)[nH]1. The van der Waals surface area contributed by atoms with Gasteiger partial charge in [-0.3, -0.25) is 0 Å². The monoisotopic (exact) mass is 232 g/mol. The fraction of sp³-hybridized carbons (Fsp3) is 0.625. The normalized spacial score (nSPS) is 11.9. The first-order chi connectivity index (χ1) is 6.97. The van der Waals surface area contributed by atoms with Crippen LogP contribution in [0.4, 0.5) is 0 Å². The van der Waals surface area contributed by atoms with Crippen LogP contribution in [0.1, 0.15) is 11.5 Å². The van der Waals surface area contributed by atoms with Crippen LogP contribution in [0.5, 0.6) is 0 Å². The summed E-state index contributed by atoms with van der Waals surface area (Å²) in [5, 5.41) is 3.09. The molecule has 86 valence electrons. The highest BCUT2D eigenvalue weighted by atomic mass is 32.2. The van der Waals surface area contributed by atoms with E-state index in [2.05, 4.69) is 20.0 Å². The van der Waals surface area contributed by atoms with Gasteiger partial charge < -0.3 is 10.3 Å². The number of nitrogens with zero attached hydrogens (tertiary/aromatic N) is 1. The first kappa shape index (κ1) is 12.2. The Bertz CT molecular complexity index is 399. The van der Waals surface area contributed by atoms with Gasteiger partial charge in [0, 0.05) is 31.5 Å². The third-order valence-electron chi connectivity index (χ3n) is 1.74. The molecule has 1 aromatic rings. The number of nitrogens with one attached hydrogen (secondary N) is 3. The van der Waals surface area contributed by atoms with Crippen molar-refractivity contribution in [3.8, 4) is 0 Å². The average molecular weight is 232 g/mol. The number of hydrogen-bond donors (Lipinski definition) is 3. The Hall–Kier alpha value is -0.920. The van der Waals surface area contributed by atoms with Gasteiger partial charge >= 0.3 is 0 Å². The molecule has 1 heterocycles. The molecule has 0 amide bonds. The van der Waals surface area contributed by atoms with Gasteiger partial charge in [0.1, 0.15) is 5.82 Å². The van der Waals surface area contributed by atoms with Gasteiger partial charge in [-0.15, -0.1) is 0 Å². The summed E-state index contributed by atoms with van der Waals surface area (Å²) in [4.78, 5) is 7.12. The number of hydrogen-bond acceptors (Lipinski definition) is 4. The zero-order valence-corrected chi connectivity index (χ0v) is 9.69. The van der Waals surface area contributed by atoms with E-state index in [0.717, 1.165) is 17.8 Å². The van der Waals surface area contributed by atoms with Crippen molar-refractivity contribution >= 4 is 10.0 Å². The molecule has 0 unspecified atom stereocenters. The number of imidazole rings is 1. The largest absolute Gasteiger partial charge is 0.345 e. The summed E-state index contributed by atoms with van der Waals surface area (Å²) in [6, 6.07) is 0. The van der Waals surface area contributed by atoms with E-state index in [0.29, 0.717) is 19.6 Å². The fourth-order valence-electron chi connectivity index (χ4n) is 1.11. The van der Waals surface area contributed by atoms with Crippen LogP contribution in [0.25, 0.3) is 0 Å². The molecule has 0 aliphatic rings. The van der Waals surface area contributed by atoms with E-state index in [-0.39, 0.29) is 0 Å². The van der Waals surface area contributed by atoms with E-state index in [4.69, 9.17) is 0 Å². The van der Waals surface area contributed by atoms with Gasteiger partial charge in [-0.25, -0.2) is 18.1 Å². The van der Waals surface area contributed by atoms with Gasteiger partial charge in [0.05, 0.1) is 6.26 Å². The predicted octanol–water partition coefficient (Wildman–Crippen LogP) is -0.643. The second-order valence-corrected chi connectivity index (χ2v) is 5.17. The second kappa shape index (κ2) is 5.24. The van der Waals surface area contributed by atoms with Crippen molar-refractivity contribution in [2.45, 2.75) is 13.5 Å². The van der Waals surface area contributed by atoms with Gasteiger partial charge in [-0.1, -0.05) is 0 Å². The summed E-state index contributed by atoms with van der Waals surface area (Å²) in [5.74, 6) is 0.876. The molecule has 0 bridgehead atoms. The Labute approximate surface area is 89.5 Å². The van der Waals surface area contributed by atoms with Crippen molar-refractivity contribution in [1.29, 1.82) is 0 Å². The highest BCUT2D eigenvalue weighted by Crippen LogP contribution is 1.93. The fourth-order valence-corrected chi connectivity index (χ4v) is 1.58. The van der Waals surface area contributed by atoms with Crippen LogP contribution >= 0.6 is 0 Å². The zero-order valence-electron chi connectivity index (χ0n) is 8.87. The molecule has 3 N–H and O–H groups in total. The minimum atomic E-state index is -3.08. The Morgan fingerprint density at radius 1 is 1.47 bits per heavy atom. The third kappa shape index (κ3) is 5.50. The summed E-state index contributed by atoms with van der Waals surface area (Å²) in [5.41, 5.74) is 0.992.